The fraction of sp³-hybridized carbons (Fsp3) is 0.400. The summed E-state index contributed by atoms with van der Waals surface area (Å²) in [5, 5.41) is 3.63. The molecule has 0 saturated heterocycles. The second-order valence-corrected chi connectivity index (χ2v) is 4.83. The molecule has 0 unspecified atom stereocenters. The van der Waals surface area contributed by atoms with Crippen LogP contribution in [0.2, 0.25) is 5.15 Å². The molecule has 2 rings (SSSR count). The molecule has 81 valence electrons. The molecule has 1 aliphatic rings. The Morgan fingerprint density at radius 3 is 3.07 bits per heavy atom. The summed E-state index contributed by atoms with van der Waals surface area (Å²) in [5.41, 5.74) is 1.84. The molecule has 1 aromatic heterocycles. The van der Waals surface area contributed by atoms with E-state index in [0.717, 1.165) is 33.5 Å². The second kappa shape index (κ2) is 4.33. The number of rotatable bonds is 1. The average molecular weight is 338 g/mol. The Labute approximate surface area is 108 Å². The van der Waals surface area contributed by atoms with E-state index < -0.39 is 0 Å². The minimum atomic E-state index is 0.00313. The number of hydrogen-bond acceptors (Lipinski definition) is 3. The van der Waals surface area contributed by atoms with Gasteiger partial charge in [-0.3, -0.25) is 0 Å². The lowest BCUT2D eigenvalue weighted by atomic mass is 10.1. The highest BCUT2D eigenvalue weighted by atomic mass is 127. The standard InChI is InChI=1S/C10H11ClIN2O/c1-5-3-4-6-9(15-5)8(13-2)7(12)10(11)14-6/h5H,1,3-4H2,2H3,(H,13,14)/t5-/m0/s1. The van der Waals surface area contributed by atoms with Gasteiger partial charge >= 0.3 is 0 Å². The van der Waals surface area contributed by atoms with Crippen LogP contribution in [0.15, 0.2) is 0 Å². The van der Waals surface area contributed by atoms with E-state index in [1.165, 1.54) is 0 Å². The predicted molar refractivity (Wildman–Crippen MR) is 69.6 cm³/mol. The van der Waals surface area contributed by atoms with Gasteiger partial charge in [-0.25, -0.2) is 4.98 Å². The Bertz CT molecular complexity index is 397. The van der Waals surface area contributed by atoms with Crippen molar-refractivity contribution in [3.05, 3.63) is 21.3 Å². The maximum absolute atomic E-state index is 6.04. The maximum Gasteiger partial charge on any atom is 0.165 e. The van der Waals surface area contributed by atoms with Crippen LogP contribution in [0, 0.1) is 10.5 Å². The molecule has 15 heavy (non-hydrogen) atoms. The zero-order chi connectivity index (χ0) is 11.0. The molecule has 0 aliphatic carbocycles. The highest BCUT2D eigenvalue weighted by molar-refractivity contribution is 14.1. The second-order valence-electron chi connectivity index (χ2n) is 3.40. The summed E-state index contributed by atoms with van der Waals surface area (Å²) in [6.45, 7) is 3.91. The van der Waals surface area contributed by atoms with Crippen molar-refractivity contribution in [2.75, 3.05) is 12.4 Å². The zero-order valence-electron chi connectivity index (χ0n) is 8.31. The number of aryl methyl sites for hydroxylation is 1. The van der Waals surface area contributed by atoms with Gasteiger partial charge in [-0.1, -0.05) is 11.6 Å². The molecule has 3 nitrogen and oxygen atoms in total. The number of ether oxygens (including phenoxy) is 1. The van der Waals surface area contributed by atoms with E-state index in [-0.39, 0.29) is 6.10 Å². The summed E-state index contributed by atoms with van der Waals surface area (Å²) in [7, 11) is 1.85. The third kappa shape index (κ3) is 2.01. The van der Waals surface area contributed by atoms with E-state index in [1.54, 1.807) is 0 Å². The average Bonchev–Trinajstić information content (AvgIpc) is 2.21. The number of fused-ring (bicyclic) bond motifs is 1. The fourth-order valence-corrected chi connectivity index (χ4v) is 2.44. The van der Waals surface area contributed by atoms with E-state index in [0.29, 0.717) is 5.15 Å². The first-order chi connectivity index (χ1) is 7.13. The summed E-state index contributed by atoms with van der Waals surface area (Å²) >= 11 is 8.20. The third-order valence-corrected chi connectivity index (χ3v) is 4.00. The van der Waals surface area contributed by atoms with Crippen LogP contribution in [0.1, 0.15) is 12.1 Å². The molecule has 1 radical (unpaired) electrons. The van der Waals surface area contributed by atoms with Crippen LogP contribution in [0.4, 0.5) is 5.69 Å². The summed E-state index contributed by atoms with van der Waals surface area (Å²) in [6, 6.07) is 0. The molecule has 0 spiro atoms. The number of nitrogens with one attached hydrogen (secondary N) is 1. The first kappa shape index (κ1) is 11.3. The molecule has 0 aromatic carbocycles. The summed E-state index contributed by atoms with van der Waals surface area (Å²) in [5.74, 6) is 0.803. The van der Waals surface area contributed by atoms with E-state index in [2.05, 4.69) is 39.8 Å². The lowest BCUT2D eigenvalue weighted by Crippen LogP contribution is -2.21. The Balaban J connectivity index is 2.56. The van der Waals surface area contributed by atoms with Gasteiger partial charge in [0, 0.05) is 7.05 Å². The van der Waals surface area contributed by atoms with Crippen molar-refractivity contribution in [2.24, 2.45) is 0 Å². The molecule has 0 bridgehead atoms. The van der Waals surface area contributed by atoms with Crippen molar-refractivity contribution in [2.45, 2.75) is 18.9 Å². The number of anilines is 1. The largest absolute Gasteiger partial charge is 0.486 e. The van der Waals surface area contributed by atoms with Crippen molar-refractivity contribution in [3.63, 3.8) is 0 Å². The predicted octanol–water partition coefficient (Wildman–Crippen LogP) is 2.91. The van der Waals surface area contributed by atoms with Gasteiger partial charge in [0.15, 0.2) is 5.75 Å². The van der Waals surface area contributed by atoms with Crippen LogP contribution < -0.4 is 10.1 Å². The molecule has 1 aliphatic heterocycles. The fourth-order valence-electron chi connectivity index (χ4n) is 1.61. The van der Waals surface area contributed by atoms with Crippen LogP contribution >= 0.6 is 34.2 Å². The minimum Gasteiger partial charge on any atom is -0.486 e. The first-order valence-corrected chi connectivity index (χ1v) is 6.14. The molecular formula is C10H11ClIN2O. The van der Waals surface area contributed by atoms with Gasteiger partial charge in [0.1, 0.15) is 5.15 Å². The van der Waals surface area contributed by atoms with Crippen LogP contribution in [-0.4, -0.2) is 18.1 Å². The number of hydrogen-bond donors (Lipinski definition) is 1. The van der Waals surface area contributed by atoms with Crippen LogP contribution in [0.5, 0.6) is 5.75 Å². The van der Waals surface area contributed by atoms with Crippen molar-refractivity contribution in [1.82, 2.24) is 4.98 Å². The van der Waals surface area contributed by atoms with Crippen molar-refractivity contribution >= 4 is 39.9 Å². The summed E-state index contributed by atoms with van der Waals surface area (Å²) in [4.78, 5) is 4.32. The lowest BCUT2D eigenvalue weighted by Gasteiger charge is -2.25. The topological polar surface area (TPSA) is 34.2 Å². The quantitative estimate of drug-likeness (QED) is 0.632. The van der Waals surface area contributed by atoms with E-state index >= 15 is 0 Å². The Morgan fingerprint density at radius 1 is 1.67 bits per heavy atom. The molecule has 0 amide bonds. The molecule has 0 fully saturated rings. The van der Waals surface area contributed by atoms with E-state index in [4.69, 9.17) is 16.3 Å². The van der Waals surface area contributed by atoms with Crippen molar-refractivity contribution in [1.29, 1.82) is 0 Å². The van der Waals surface area contributed by atoms with Crippen molar-refractivity contribution in [3.8, 4) is 5.75 Å². The Kier molecular flexibility index (Phi) is 3.25. The molecule has 5 heteroatoms. The van der Waals surface area contributed by atoms with Gasteiger partial charge in [0.05, 0.1) is 21.1 Å². The molecule has 1 N–H and O–H groups in total. The van der Waals surface area contributed by atoms with Gasteiger partial charge in [-0.2, -0.15) is 0 Å². The number of pyridine rings is 1. The normalized spacial score (nSPS) is 19.3. The van der Waals surface area contributed by atoms with Gasteiger partial charge in [0.2, 0.25) is 0 Å². The maximum atomic E-state index is 6.04. The molecular weight excluding hydrogens is 326 g/mol. The van der Waals surface area contributed by atoms with E-state index in [9.17, 15) is 0 Å². The minimum absolute atomic E-state index is 0.00313. The third-order valence-electron chi connectivity index (χ3n) is 2.36. The van der Waals surface area contributed by atoms with Gasteiger partial charge in [0.25, 0.3) is 0 Å². The monoisotopic (exact) mass is 337 g/mol. The summed E-state index contributed by atoms with van der Waals surface area (Å²) in [6.07, 6.45) is 1.76. The first-order valence-electron chi connectivity index (χ1n) is 4.69. The van der Waals surface area contributed by atoms with Crippen LogP contribution in [0.25, 0.3) is 0 Å². The van der Waals surface area contributed by atoms with Crippen LogP contribution in [-0.2, 0) is 6.42 Å². The van der Waals surface area contributed by atoms with E-state index in [1.807, 2.05) is 7.05 Å². The molecule has 1 aromatic rings. The highest BCUT2D eigenvalue weighted by Gasteiger charge is 2.23. The number of nitrogens with zero attached hydrogens (tertiary/aromatic N) is 1. The van der Waals surface area contributed by atoms with Gasteiger partial charge in [-0.05, 0) is 42.4 Å². The van der Waals surface area contributed by atoms with Gasteiger partial charge < -0.3 is 10.1 Å². The molecule has 0 saturated carbocycles. The van der Waals surface area contributed by atoms with Gasteiger partial charge in [-0.15, -0.1) is 0 Å². The highest BCUT2D eigenvalue weighted by Crippen LogP contribution is 2.39. The van der Waals surface area contributed by atoms with Crippen LogP contribution in [0.3, 0.4) is 0 Å². The summed E-state index contributed by atoms with van der Waals surface area (Å²) < 4.78 is 6.58. The van der Waals surface area contributed by atoms with Crippen molar-refractivity contribution < 1.29 is 4.74 Å². The number of aromatic nitrogens is 1. The smallest absolute Gasteiger partial charge is 0.165 e. The number of halogens is 2. The Hall–Kier alpha value is -0.230. The molecule has 1 atom stereocenters. The zero-order valence-corrected chi connectivity index (χ0v) is 11.2. The molecule has 2 heterocycles. The Morgan fingerprint density at radius 2 is 2.40 bits per heavy atom. The SMILES string of the molecule is [CH2][C@H]1CCc2nc(Cl)c(I)c(NC)c2O1. The lowest BCUT2D eigenvalue weighted by molar-refractivity contribution is 0.215.